The van der Waals surface area contributed by atoms with Gasteiger partial charge in [0, 0.05) is 12.8 Å². The largest absolute Gasteiger partial charge is 0.481 e. The molecule has 0 aliphatic rings. The second-order valence-corrected chi connectivity index (χ2v) is 3.69. The van der Waals surface area contributed by atoms with E-state index in [-0.39, 0.29) is 6.42 Å². The molecule has 0 fully saturated rings. The Balaban J connectivity index is 0.000000411. The first kappa shape index (κ1) is 16.1. The van der Waals surface area contributed by atoms with Crippen LogP contribution in [0.25, 0.3) is 0 Å². The second-order valence-electron chi connectivity index (χ2n) is 3.69. The van der Waals surface area contributed by atoms with Crippen molar-refractivity contribution in [3.8, 4) is 0 Å². The van der Waals surface area contributed by atoms with E-state index in [0.717, 1.165) is 12.0 Å². The van der Waals surface area contributed by atoms with Gasteiger partial charge < -0.3 is 15.3 Å². The fourth-order valence-corrected chi connectivity index (χ4v) is 1.14. The molecule has 1 aromatic rings. The van der Waals surface area contributed by atoms with Gasteiger partial charge in [-0.25, -0.2) is 4.79 Å². The van der Waals surface area contributed by atoms with Crippen LogP contribution in [0.1, 0.15) is 25.3 Å². The van der Waals surface area contributed by atoms with E-state index in [1.165, 1.54) is 0 Å². The molecular formula is C13H18O5. The predicted molar refractivity (Wildman–Crippen MR) is 66.3 cm³/mol. The predicted octanol–water partition coefficient (Wildman–Crippen LogP) is 1.55. The van der Waals surface area contributed by atoms with Crippen LogP contribution in [0.3, 0.4) is 0 Å². The Kier molecular flexibility index (Phi) is 8.22. The van der Waals surface area contributed by atoms with Crippen LogP contribution in [-0.2, 0) is 16.0 Å². The average Bonchev–Trinajstić information content (AvgIpc) is 2.30. The van der Waals surface area contributed by atoms with Gasteiger partial charge in [0.05, 0.1) is 0 Å². The minimum absolute atomic E-state index is 0.163. The molecular weight excluding hydrogens is 236 g/mol. The standard InChI is InChI=1S/C9H10O3.C4H8O2/c10-8(9(11)12)6-7-4-2-1-3-5-7;1-2-3-4(5)6/h1-5,8,10H,6H2,(H,11,12);2-3H2,1H3,(H,5,6). The molecule has 0 saturated heterocycles. The minimum Gasteiger partial charge on any atom is -0.481 e. The first-order valence-electron chi connectivity index (χ1n) is 5.64. The number of aliphatic hydroxyl groups excluding tert-OH is 1. The number of aliphatic carboxylic acids is 2. The van der Waals surface area contributed by atoms with Crippen molar-refractivity contribution in [3.63, 3.8) is 0 Å². The molecule has 5 heteroatoms. The Morgan fingerprint density at radius 2 is 1.72 bits per heavy atom. The summed E-state index contributed by atoms with van der Waals surface area (Å²) < 4.78 is 0. The highest BCUT2D eigenvalue weighted by molar-refractivity contribution is 5.72. The van der Waals surface area contributed by atoms with E-state index in [4.69, 9.17) is 15.3 Å². The van der Waals surface area contributed by atoms with Crippen molar-refractivity contribution in [1.82, 2.24) is 0 Å². The van der Waals surface area contributed by atoms with Gasteiger partial charge in [-0.15, -0.1) is 0 Å². The van der Waals surface area contributed by atoms with Crippen LogP contribution >= 0.6 is 0 Å². The lowest BCUT2D eigenvalue weighted by Gasteiger charge is -2.03. The lowest BCUT2D eigenvalue weighted by molar-refractivity contribution is -0.146. The van der Waals surface area contributed by atoms with Gasteiger partial charge in [0.15, 0.2) is 6.10 Å². The molecule has 5 nitrogen and oxygen atoms in total. The number of carboxylic acids is 2. The van der Waals surface area contributed by atoms with Gasteiger partial charge >= 0.3 is 11.9 Å². The van der Waals surface area contributed by atoms with Crippen LogP contribution in [0.4, 0.5) is 0 Å². The van der Waals surface area contributed by atoms with E-state index >= 15 is 0 Å². The molecule has 0 heterocycles. The smallest absolute Gasteiger partial charge is 0.332 e. The maximum absolute atomic E-state index is 10.3. The summed E-state index contributed by atoms with van der Waals surface area (Å²) in [5.74, 6) is -1.89. The summed E-state index contributed by atoms with van der Waals surface area (Å²) in [7, 11) is 0. The van der Waals surface area contributed by atoms with Crippen LogP contribution in [0.2, 0.25) is 0 Å². The molecule has 1 unspecified atom stereocenters. The zero-order chi connectivity index (χ0) is 14.0. The number of rotatable bonds is 5. The maximum Gasteiger partial charge on any atom is 0.332 e. The van der Waals surface area contributed by atoms with Gasteiger partial charge in [-0.05, 0) is 12.0 Å². The van der Waals surface area contributed by atoms with E-state index in [2.05, 4.69) is 0 Å². The third-order valence-electron chi connectivity index (χ3n) is 2.02. The SMILES string of the molecule is CCCC(=O)O.O=C(O)C(O)Cc1ccccc1. The maximum atomic E-state index is 10.3. The Morgan fingerprint density at radius 1 is 1.17 bits per heavy atom. The van der Waals surface area contributed by atoms with Crippen LogP contribution in [-0.4, -0.2) is 33.4 Å². The normalized spacial score (nSPS) is 11.0. The molecule has 100 valence electrons. The molecule has 1 aromatic carbocycles. The highest BCUT2D eigenvalue weighted by atomic mass is 16.4. The molecule has 0 amide bonds. The van der Waals surface area contributed by atoms with Crippen molar-refractivity contribution >= 4 is 11.9 Å². The molecule has 1 atom stereocenters. The molecule has 0 aliphatic carbocycles. The summed E-state index contributed by atoms with van der Waals surface area (Å²) in [5, 5.41) is 25.3. The fourth-order valence-electron chi connectivity index (χ4n) is 1.14. The molecule has 1 rings (SSSR count). The molecule has 0 saturated carbocycles. The minimum atomic E-state index is -1.30. The van der Waals surface area contributed by atoms with Gasteiger partial charge in [-0.3, -0.25) is 4.79 Å². The Hall–Kier alpha value is -1.88. The molecule has 0 spiro atoms. The zero-order valence-electron chi connectivity index (χ0n) is 10.2. The van der Waals surface area contributed by atoms with E-state index in [9.17, 15) is 9.59 Å². The van der Waals surface area contributed by atoms with Crippen molar-refractivity contribution in [2.75, 3.05) is 0 Å². The van der Waals surface area contributed by atoms with Crippen molar-refractivity contribution in [2.45, 2.75) is 32.3 Å². The quantitative estimate of drug-likeness (QED) is 0.741. The van der Waals surface area contributed by atoms with Gasteiger partial charge in [-0.1, -0.05) is 37.3 Å². The van der Waals surface area contributed by atoms with Crippen LogP contribution < -0.4 is 0 Å². The number of aliphatic hydroxyl groups is 1. The molecule has 0 aromatic heterocycles. The highest BCUT2D eigenvalue weighted by Gasteiger charge is 2.12. The summed E-state index contributed by atoms with van der Waals surface area (Å²) in [4.78, 5) is 19.9. The van der Waals surface area contributed by atoms with Crippen LogP contribution in [0.15, 0.2) is 30.3 Å². The number of hydrogen-bond donors (Lipinski definition) is 3. The molecule has 18 heavy (non-hydrogen) atoms. The second kappa shape index (κ2) is 9.18. The van der Waals surface area contributed by atoms with Gasteiger partial charge in [0.1, 0.15) is 0 Å². The van der Waals surface area contributed by atoms with Gasteiger partial charge in [-0.2, -0.15) is 0 Å². The van der Waals surface area contributed by atoms with Crippen molar-refractivity contribution < 1.29 is 24.9 Å². The summed E-state index contributed by atoms with van der Waals surface area (Å²) in [5.41, 5.74) is 0.826. The van der Waals surface area contributed by atoms with Gasteiger partial charge in [0.2, 0.25) is 0 Å². The molecule has 0 radical (unpaired) electrons. The fraction of sp³-hybridized carbons (Fsp3) is 0.385. The first-order chi connectivity index (χ1) is 8.47. The molecule has 0 bridgehead atoms. The van der Waals surface area contributed by atoms with Crippen LogP contribution in [0, 0.1) is 0 Å². The Labute approximate surface area is 106 Å². The number of benzene rings is 1. The molecule has 0 aliphatic heterocycles. The summed E-state index contributed by atoms with van der Waals surface area (Å²) in [6.07, 6.45) is -0.113. The third-order valence-corrected chi connectivity index (χ3v) is 2.02. The highest BCUT2D eigenvalue weighted by Crippen LogP contribution is 2.02. The lowest BCUT2D eigenvalue weighted by atomic mass is 10.1. The van der Waals surface area contributed by atoms with E-state index in [1.54, 1.807) is 12.1 Å². The number of carboxylic acid groups (broad SMARTS) is 2. The average molecular weight is 254 g/mol. The van der Waals surface area contributed by atoms with Crippen molar-refractivity contribution in [2.24, 2.45) is 0 Å². The number of carbonyl (C=O) groups is 2. The summed E-state index contributed by atoms with van der Waals surface area (Å²) in [6, 6.07) is 9.03. The third kappa shape index (κ3) is 8.29. The van der Waals surface area contributed by atoms with E-state index < -0.39 is 18.0 Å². The van der Waals surface area contributed by atoms with E-state index in [1.807, 2.05) is 25.1 Å². The van der Waals surface area contributed by atoms with E-state index in [0.29, 0.717) is 6.42 Å². The van der Waals surface area contributed by atoms with Crippen molar-refractivity contribution in [1.29, 1.82) is 0 Å². The topological polar surface area (TPSA) is 94.8 Å². The monoisotopic (exact) mass is 254 g/mol. The molecule has 3 N–H and O–H groups in total. The number of hydrogen-bond acceptors (Lipinski definition) is 3. The summed E-state index contributed by atoms with van der Waals surface area (Å²) >= 11 is 0. The zero-order valence-corrected chi connectivity index (χ0v) is 10.2. The first-order valence-corrected chi connectivity index (χ1v) is 5.64. The Morgan fingerprint density at radius 3 is 2.06 bits per heavy atom. The lowest BCUT2D eigenvalue weighted by Crippen LogP contribution is -2.21. The Bertz CT molecular complexity index is 361. The van der Waals surface area contributed by atoms with Crippen LogP contribution in [0.5, 0.6) is 0 Å². The summed E-state index contributed by atoms with van der Waals surface area (Å²) in [6.45, 7) is 1.84. The van der Waals surface area contributed by atoms with Crippen molar-refractivity contribution in [3.05, 3.63) is 35.9 Å². The van der Waals surface area contributed by atoms with Gasteiger partial charge in [0.25, 0.3) is 0 Å².